The van der Waals surface area contributed by atoms with E-state index in [1.807, 2.05) is 11.8 Å². The SMILES string of the molecule is CC(C)CNCc1ccc(SC2CCOC2C)cc1Cl. The van der Waals surface area contributed by atoms with Gasteiger partial charge >= 0.3 is 0 Å². The quantitative estimate of drug-likeness (QED) is 0.843. The second-order valence-electron chi connectivity index (χ2n) is 5.80. The predicted octanol–water partition coefficient (Wildman–Crippen LogP) is 4.36. The fourth-order valence-corrected chi connectivity index (χ4v) is 3.76. The Morgan fingerprint density at radius 3 is 2.85 bits per heavy atom. The van der Waals surface area contributed by atoms with E-state index < -0.39 is 0 Å². The average molecular weight is 314 g/mol. The van der Waals surface area contributed by atoms with Crippen molar-refractivity contribution in [2.24, 2.45) is 5.92 Å². The van der Waals surface area contributed by atoms with E-state index >= 15 is 0 Å². The summed E-state index contributed by atoms with van der Waals surface area (Å²) in [5.41, 5.74) is 1.17. The van der Waals surface area contributed by atoms with Gasteiger partial charge in [0.1, 0.15) is 0 Å². The van der Waals surface area contributed by atoms with Gasteiger partial charge in [0.15, 0.2) is 0 Å². The maximum atomic E-state index is 6.38. The summed E-state index contributed by atoms with van der Waals surface area (Å²) >= 11 is 8.26. The molecule has 0 aliphatic carbocycles. The molecular formula is C16H24ClNOS. The van der Waals surface area contributed by atoms with Gasteiger partial charge in [0.2, 0.25) is 0 Å². The van der Waals surface area contributed by atoms with E-state index in [1.165, 1.54) is 10.5 Å². The minimum Gasteiger partial charge on any atom is -0.377 e. The summed E-state index contributed by atoms with van der Waals surface area (Å²) in [6, 6.07) is 6.40. The number of hydrogen-bond acceptors (Lipinski definition) is 3. The van der Waals surface area contributed by atoms with Crippen molar-refractivity contribution in [3.8, 4) is 0 Å². The number of ether oxygens (including phenoxy) is 1. The third-order valence-corrected chi connectivity index (χ3v) is 5.29. The van der Waals surface area contributed by atoms with Gasteiger partial charge < -0.3 is 10.1 Å². The van der Waals surface area contributed by atoms with Gasteiger partial charge in [-0.3, -0.25) is 0 Å². The minimum absolute atomic E-state index is 0.339. The van der Waals surface area contributed by atoms with Crippen molar-refractivity contribution in [1.82, 2.24) is 5.32 Å². The van der Waals surface area contributed by atoms with Gasteiger partial charge in [0.25, 0.3) is 0 Å². The summed E-state index contributed by atoms with van der Waals surface area (Å²) in [6.07, 6.45) is 1.47. The first-order valence-corrected chi connectivity index (χ1v) is 8.59. The third-order valence-electron chi connectivity index (χ3n) is 3.49. The van der Waals surface area contributed by atoms with Crippen molar-refractivity contribution in [3.05, 3.63) is 28.8 Å². The highest BCUT2D eigenvalue weighted by Gasteiger charge is 2.25. The zero-order valence-corrected chi connectivity index (χ0v) is 14.1. The standard InChI is InChI=1S/C16H24ClNOS/c1-11(2)9-18-10-13-4-5-14(8-15(13)17)20-16-6-7-19-12(16)3/h4-5,8,11-12,16,18H,6-7,9-10H2,1-3H3. The van der Waals surface area contributed by atoms with Gasteiger partial charge in [0.05, 0.1) is 6.10 Å². The van der Waals surface area contributed by atoms with Gasteiger partial charge in [-0.25, -0.2) is 0 Å². The highest BCUT2D eigenvalue weighted by molar-refractivity contribution is 8.00. The van der Waals surface area contributed by atoms with Gasteiger partial charge in [-0.2, -0.15) is 0 Å². The molecule has 2 nitrogen and oxygen atoms in total. The molecule has 0 aromatic heterocycles. The van der Waals surface area contributed by atoms with Crippen LogP contribution < -0.4 is 5.32 Å². The highest BCUT2D eigenvalue weighted by atomic mass is 35.5. The lowest BCUT2D eigenvalue weighted by Crippen LogP contribution is -2.19. The Labute approximate surface area is 131 Å². The summed E-state index contributed by atoms with van der Waals surface area (Å²) in [4.78, 5) is 1.24. The van der Waals surface area contributed by atoms with Crippen molar-refractivity contribution in [2.45, 2.75) is 50.0 Å². The van der Waals surface area contributed by atoms with E-state index in [0.29, 0.717) is 17.3 Å². The lowest BCUT2D eigenvalue weighted by Gasteiger charge is -2.15. The van der Waals surface area contributed by atoms with Crippen LogP contribution in [0.25, 0.3) is 0 Å². The lowest BCUT2D eigenvalue weighted by atomic mass is 10.2. The van der Waals surface area contributed by atoms with Crippen LogP contribution in [-0.2, 0) is 11.3 Å². The van der Waals surface area contributed by atoms with Crippen molar-refractivity contribution in [1.29, 1.82) is 0 Å². The minimum atomic E-state index is 0.339. The van der Waals surface area contributed by atoms with Gasteiger partial charge in [-0.1, -0.05) is 31.5 Å². The van der Waals surface area contributed by atoms with E-state index in [-0.39, 0.29) is 0 Å². The average Bonchev–Trinajstić information content (AvgIpc) is 2.77. The Bertz CT molecular complexity index is 438. The molecule has 1 heterocycles. The molecule has 112 valence electrons. The van der Waals surface area contributed by atoms with Crippen LogP contribution in [0.1, 0.15) is 32.8 Å². The molecule has 4 heteroatoms. The molecule has 1 fully saturated rings. The molecule has 0 amide bonds. The second kappa shape index (κ2) is 7.69. The molecule has 1 aromatic rings. The number of thioether (sulfide) groups is 1. The van der Waals surface area contributed by atoms with Crippen molar-refractivity contribution in [2.75, 3.05) is 13.2 Å². The molecule has 0 saturated carbocycles. The molecule has 1 N–H and O–H groups in total. The third kappa shape index (κ3) is 4.66. The first-order chi connectivity index (χ1) is 9.56. The molecule has 0 radical (unpaired) electrons. The van der Waals surface area contributed by atoms with Crippen LogP contribution in [0.2, 0.25) is 5.02 Å². The molecule has 1 aliphatic heterocycles. The molecule has 2 rings (SSSR count). The Morgan fingerprint density at radius 2 is 2.25 bits per heavy atom. The van der Waals surface area contributed by atoms with Crippen LogP contribution in [0.4, 0.5) is 0 Å². The predicted molar refractivity (Wildman–Crippen MR) is 87.7 cm³/mol. The summed E-state index contributed by atoms with van der Waals surface area (Å²) in [5, 5.41) is 4.84. The molecule has 2 unspecified atom stereocenters. The van der Waals surface area contributed by atoms with Crippen molar-refractivity contribution < 1.29 is 4.74 Å². The van der Waals surface area contributed by atoms with Crippen LogP contribution in [0.15, 0.2) is 23.1 Å². The smallest absolute Gasteiger partial charge is 0.0669 e. The Morgan fingerprint density at radius 1 is 1.45 bits per heavy atom. The zero-order chi connectivity index (χ0) is 14.5. The van der Waals surface area contributed by atoms with Gasteiger partial charge in [0, 0.05) is 28.3 Å². The molecule has 1 aliphatic rings. The maximum Gasteiger partial charge on any atom is 0.0669 e. The molecule has 1 aromatic carbocycles. The van der Waals surface area contributed by atoms with E-state index in [2.05, 4.69) is 44.3 Å². The summed E-state index contributed by atoms with van der Waals surface area (Å²) in [7, 11) is 0. The van der Waals surface area contributed by atoms with Gasteiger partial charge in [-0.15, -0.1) is 11.8 Å². The first kappa shape index (κ1) is 16.2. The fourth-order valence-electron chi connectivity index (χ4n) is 2.28. The Kier molecular flexibility index (Phi) is 6.21. The molecule has 20 heavy (non-hydrogen) atoms. The van der Waals surface area contributed by atoms with Crippen LogP contribution in [0.3, 0.4) is 0 Å². The molecule has 2 atom stereocenters. The molecule has 1 saturated heterocycles. The first-order valence-electron chi connectivity index (χ1n) is 7.33. The van der Waals surface area contributed by atoms with Crippen molar-refractivity contribution >= 4 is 23.4 Å². The highest BCUT2D eigenvalue weighted by Crippen LogP contribution is 2.34. The molecular weight excluding hydrogens is 290 g/mol. The topological polar surface area (TPSA) is 21.3 Å². The lowest BCUT2D eigenvalue weighted by molar-refractivity contribution is 0.127. The number of nitrogens with one attached hydrogen (secondary N) is 1. The van der Waals surface area contributed by atoms with Crippen LogP contribution >= 0.6 is 23.4 Å². The van der Waals surface area contributed by atoms with Gasteiger partial charge in [-0.05, 0) is 43.5 Å². The maximum absolute atomic E-state index is 6.38. The van der Waals surface area contributed by atoms with Crippen LogP contribution in [0.5, 0.6) is 0 Å². The summed E-state index contributed by atoms with van der Waals surface area (Å²) in [6.45, 7) is 9.30. The molecule has 0 bridgehead atoms. The Balaban J connectivity index is 1.91. The van der Waals surface area contributed by atoms with E-state index in [1.54, 1.807) is 0 Å². The number of benzene rings is 1. The van der Waals surface area contributed by atoms with E-state index in [9.17, 15) is 0 Å². The second-order valence-corrected chi connectivity index (χ2v) is 7.52. The van der Waals surface area contributed by atoms with Crippen LogP contribution in [0, 0.1) is 5.92 Å². The summed E-state index contributed by atoms with van der Waals surface area (Å²) < 4.78 is 5.60. The van der Waals surface area contributed by atoms with E-state index in [0.717, 1.165) is 31.1 Å². The number of halogens is 1. The normalized spacial score (nSPS) is 22.6. The fraction of sp³-hybridized carbons (Fsp3) is 0.625. The summed E-state index contributed by atoms with van der Waals surface area (Å²) in [5.74, 6) is 0.660. The van der Waals surface area contributed by atoms with Crippen molar-refractivity contribution in [3.63, 3.8) is 0 Å². The molecule has 0 spiro atoms. The van der Waals surface area contributed by atoms with Crippen LogP contribution in [-0.4, -0.2) is 24.5 Å². The number of rotatable bonds is 6. The van der Waals surface area contributed by atoms with E-state index in [4.69, 9.17) is 16.3 Å². The Hall–Kier alpha value is -0.220. The monoisotopic (exact) mass is 313 g/mol. The number of hydrogen-bond donors (Lipinski definition) is 1. The largest absolute Gasteiger partial charge is 0.377 e. The zero-order valence-electron chi connectivity index (χ0n) is 12.5.